The van der Waals surface area contributed by atoms with Gasteiger partial charge in [0, 0.05) is 5.69 Å². The standard InChI is InChI=1S/C14H20N2O/c1-4-11-12-7-10(5-6-15)8(2)9(3)13(12)16-14(11)17/h7,11H,4-6,15H2,1-3H3,(H,16,17). The lowest BCUT2D eigenvalue weighted by atomic mass is 9.90. The molecule has 1 aliphatic heterocycles. The maximum Gasteiger partial charge on any atom is 0.232 e. The molecule has 0 saturated carbocycles. The van der Waals surface area contributed by atoms with Crippen molar-refractivity contribution >= 4 is 11.6 Å². The predicted octanol–water partition coefficient (Wildman–Crippen LogP) is 2.25. The zero-order chi connectivity index (χ0) is 12.6. The molecule has 92 valence electrons. The monoisotopic (exact) mass is 232 g/mol. The van der Waals surface area contributed by atoms with Crippen molar-refractivity contribution in [1.82, 2.24) is 0 Å². The number of amides is 1. The van der Waals surface area contributed by atoms with Crippen LogP contribution in [0.3, 0.4) is 0 Å². The van der Waals surface area contributed by atoms with E-state index in [4.69, 9.17) is 5.73 Å². The Hall–Kier alpha value is -1.35. The van der Waals surface area contributed by atoms with E-state index >= 15 is 0 Å². The van der Waals surface area contributed by atoms with Crippen molar-refractivity contribution in [2.45, 2.75) is 39.5 Å². The van der Waals surface area contributed by atoms with Gasteiger partial charge in [-0.1, -0.05) is 13.0 Å². The Morgan fingerprint density at radius 3 is 2.65 bits per heavy atom. The Morgan fingerprint density at radius 1 is 1.35 bits per heavy atom. The van der Waals surface area contributed by atoms with Gasteiger partial charge in [-0.2, -0.15) is 0 Å². The van der Waals surface area contributed by atoms with Crippen molar-refractivity contribution in [2.24, 2.45) is 5.73 Å². The fourth-order valence-electron chi connectivity index (χ4n) is 2.63. The molecule has 1 unspecified atom stereocenters. The van der Waals surface area contributed by atoms with Gasteiger partial charge in [0.1, 0.15) is 0 Å². The van der Waals surface area contributed by atoms with Gasteiger partial charge in [0.2, 0.25) is 5.91 Å². The SMILES string of the molecule is CCC1C(=O)Nc2c1cc(CCN)c(C)c2C. The summed E-state index contributed by atoms with van der Waals surface area (Å²) in [5, 5.41) is 3.01. The van der Waals surface area contributed by atoms with Crippen LogP contribution in [0.15, 0.2) is 6.07 Å². The van der Waals surface area contributed by atoms with Crippen LogP contribution in [0.5, 0.6) is 0 Å². The minimum absolute atomic E-state index is 0.0147. The first-order chi connectivity index (χ1) is 8.10. The topological polar surface area (TPSA) is 55.1 Å². The smallest absolute Gasteiger partial charge is 0.232 e. The van der Waals surface area contributed by atoms with Crippen molar-refractivity contribution in [3.63, 3.8) is 0 Å². The first-order valence-electron chi connectivity index (χ1n) is 6.24. The summed E-state index contributed by atoms with van der Waals surface area (Å²) in [4.78, 5) is 11.9. The van der Waals surface area contributed by atoms with Crippen molar-refractivity contribution in [3.05, 3.63) is 28.3 Å². The molecule has 0 aliphatic carbocycles. The predicted molar refractivity (Wildman–Crippen MR) is 70.3 cm³/mol. The van der Waals surface area contributed by atoms with E-state index in [1.165, 1.54) is 16.7 Å². The van der Waals surface area contributed by atoms with Crippen LogP contribution in [0.25, 0.3) is 0 Å². The molecule has 17 heavy (non-hydrogen) atoms. The highest BCUT2D eigenvalue weighted by molar-refractivity contribution is 6.04. The summed E-state index contributed by atoms with van der Waals surface area (Å²) in [5.41, 5.74) is 11.5. The molecule has 1 aromatic carbocycles. The van der Waals surface area contributed by atoms with Gasteiger partial charge < -0.3 is 11.1 Å². The molecule has 0 saturated heterocycles. The molecule has 3 nitrogen and oxygen atoms in total. The molecule has 3 heteroatoms. The molecular weight excluding hydrogens is 212 g/mol. The van der Waals surface area contributed by atoms with Gasteiger partial charge in [0.15, 0.2) is 0 Å². The summed E-state index contributed by atoms with van der Waals surface area (Å²) in [5.74, 6) is 0.149. The van der Waals surface area contributed by atoms with Crippen molar-refractivity contribution < 1.29 is 4.79 Å². The van der Waals surface area contributed by atoms with Crippen LogP contribution in [-0.2, 0) is 11.2 Å². The third-order valence-electron chi connectivity index (χ3n) is 3.80. The summed E-state index contributed by atoms with van der Waals surface area (Å²) in [7, 11) is 0. The van der Waals surface area contributed by atoms with Crippen LogP contribution in [0.1, 0.15) is 41.5 Å². The number of fused-ring (bicyclic) bond motifs is 1. The molecule has 0 aromatic heterocycles. The quantitative estimate of drug-likeness (QED) is 0.839. The van der Waals surface area contributed by atoms with Gasteiger partial charge >= 0.3 is 0 Å². The highest BCUT2D eigenvalue weighted by atomic mass is 16.2. The third-order valence-corrected chi connectivity index (χ3v) is 3.80. The normalized spacial score (nSPS) is 18.1. The second-order valence-corrected chi connectivity index (χ2v) is 4.74. The molecule has 3 N–H and O–H groups in total. The first-order valence-corrected chi connectivity index (χ1v) is 6.24. The van der Waals surface area contributed by atoms with Crippen LogP contribution in [-0.4, -0.2) is 12.5 Å². The summed E-state index contributed by atoms with van der Waals surface area (Å²) in [6.45, 7) is 6.88. The van der Waals surface area contributed by atoms with E-state index in [9.17, 15) is 4.79 Å². The van der Waals surface area contributed by atoms with Gasteiger partial charge in [-0.15, -0.1) is 0 Å². The number of benzene rings is 1. The van der Waals surface area contributed by atoms with E-state index in [1.807, 2.05) is 0 Å². The highest BCUT2D eigenvalue weighted by Crippen LogP contribution is 2.39. The zero-order valence-corrected chi connectivity index (χ0v) is 10.8. The minimum atomic E-state index is 0.0147. The molecule has 2 rings (SSSR count). The number of carbonyl (C=O) groups excluding carboxylic acids is 1. The average Bonchev–Trinajstić information content (AvgIpc) is 2.62. The largest absolute Gasteiger partial charge is 0.330 e. The zero-order valence-electron chi connectivity index (χ0n) is 10.8. The van der Waals surface area contributed by atoms with Crippen molar-refractivity contribution in [2.75, 3.05) is 11.9 Å². The molecule has 0 radical (unpaired) electrons. The summed E-state index contributed by atoms with van der Waals surface area (Å²) < 4.78 is 0. The molecule has 1 heterocycles. The first kappa shape index (κ1) is 12.1. The maximum atomic E-state index is 11.9. The Kier molecular flexibility index (Phi) is 3.20. The van der Waals surface area contributed by atoms with Crippen LogP contribution in [0.2, 0.25) is 0 Å². The summed E-state index contributed by atoms with van der Waals surface area (Å²) in [6, 6.07) is 2.16. The van der Waals surface area contributed by atoms with E-state index in [-0.39, 0.29) is 11.8 Å². The number of carbonyl (C=O) groups is 1. The van der Waals surface area contributed by atoms with Gasteiger partial charge in [0.05, 0.1) is 5.92 Å². The number of rotatable bonds is 3. The molecule has 1 atom stereocenters. The molecular formula is C14H20N2O. The highest BCUT2D eigenvalue weighted by Gasteiger charge is 2.31. The lowest BCUT2D eigenvalue weighted by Gasteiger charge is -2.14. The molecule has 1 aliphatic rings. The van der Waals surface area contributed by atoms with Crippen molar-refractivity contribution in [3.8, 4) is 0 Å². The number of nitrogens with two attached hydrogens (primary N) is 1. The van der Waals surface area contributed by atoms with E-state index < -0.39 is 0 Å². The Labute approximate surface area is 102 Å². The number of hydrogen-bond acceptors (Lipinski definition) is 2. The van der Waals surface area contributed by atoms with Crippen molar-refractivity contribution in [1.29, 1.82) is 0 Å². The second-order valence-electron chi connectivity index (χ2n) is 4.74. The van der Waals surface area contributed by atoms with Gasteiger partial charge in [-0.05, 0) is 55.5 Å². The molecule has 0 bridgehead atoms. The van der Waals surface area contributed by atoms with E-state index in [0.717, 1.165) is 24.1 Å². The minimum Gasteiger partial charge on any atom is -0.330 e. The average molecular weight is 232 g/mol. The Bertz CT molecular complexity index is 466. The molecule has 1 amide bonds. The Balaban J connectivity index is 2.56. The van der Waals surface area contributed by atoms with Gasteiger partial charge in [-0.25, -0.2) is 0 Å². The summed E-state index contributed by atoms with van der Waals surface area (Å²) in [6.07, 6.45) is 1.73. The van der Waals surface area contributed by atoms with Crippen LogP contribution >= 0.6 is 0 Å². The van der Waals surface area contributed by atoms with E-state index in [2.05, 4.69) is 32.2 Å². The lowest BCUT2D eigenvalue weighted by molar-refractivity contribution is -0.117. The molecule has 0 spiro atoms. The molecule has 0 fully saturated rings. The van der Waals surface area contributed by atoms with Crippen LogP contribution < -0.4 is 11.1 Å². The van der Waals surface area contributed by atoms with Gasteiger partial charge in [0.25, 0.3) is 0 Å². The third kappa shape index (κ3) is 1.84. The van der Waals surface area contributed by atoms with Gasteiger partial charge in [-0.3, -0.25) is 4.79 Å². The van der Waals surface area contributed by atoms with Crippen LogP contribution in [0, 0.1) is 13.8 Å². The Morgan fingerprint density at radius 2 is 2.06 bits per heavy atom. The fraction of sp³-hybridized carbons (Fsp3) is 0.500. The maximum absolute atomic E-state index is 11.9. The second kappa shape index (κ2) is 4.49. The number of nitrogens with one attached hydrogen (secondary N) is 1. The summed E-state index contributed by atoms with van der Waals surface area (Å²) >= 11 is 0. The molecule has 1 aromatic rings. The van der Waals surface area contributed by atoms with E-state index in [1.54, 1.807) is 0 Å². The van der Waals surface area contributed by atoms with E-state index in [0.29, 0.717) is 6.54 Å². The fourth-order valence-corrected chi connectivity index (χ4v) is 2.63. The number of hydrogen-bond donors (Lipinski definition) is 2. The van der Waals surface area contributed by atoms with Crippen LogP contribution in [0.4, 0.5) is 5.69 Å². The number of anilines is 1. The lowest BCUT2D eigenvalue weighted by Crippen LogP contribution is -2.10.